The zero-order valence-corrected chi connectivity index (χ0v) is 21.5. The van der Waals surface area contributed by atoms with Crippen molar-refractivity contribution in [2.75, 3.05) is 31.1 Å². The quantitative estimate of drug-likeness (QED) is 0.349. The second-order valence-corrected chi connectivity index (χ2v) is 10.2. The molecule has 0 N–H and O–H groups in total. The molecule has 2 aromatic carbocycles. The second kappa shape index (κ2) is 10.3. The van der Waals surface area contributed by atoms with Gasteiger partial charge in [-0.1, -0.05) is 61.8 Å². The minimum absolute atomic E-state index is 0.477. The van der Waals surface area contributed by atoms with E-state index in [0.29, 0.717) is 5.92 Å². The van der Waals surface area contributed by atoms with Gasteiger partial charge in [-0.15, -0.1) is 0 Å². The fourth-order valence-electron chi connectivity index (χ4n) is 4.85. The largest absolute Gasteiger partial charge is 0.355 e. The SMILES string of the molecule is Cc1nn(-c2ccccc2)c2nc(CC(C)C)nc(N3CCCN(Cc4ccccc4Cl)CC3)c12. The van der Waals surface area contributed by atoms with Crippen LogP contribution in [0.2, 0.25) is 5.02 Å². The Balaban J connectivity index is 1.49. The summed E-state index contributed by atoms with van der Waals surface area (Å²) in [6.45, 7) is 11.2. The number of hydrogen-bond acceptors (Lipinski definition) is 5. The predicted octanol–water partition coefficient (Wildman–Crippen LogP) is 5.69. The van der Waals surface area contributed by atoms with Crippen molar-refractivity contribution in [2.45, 2.75) is 40.2 Å². The molecule has 1 aliphatic rings. The maximum absolute atomic E-state index is 6.44. The number of para-hydroxylation sites is 1. The summed E-state index contributed by atoms with van der Waals surface area (Å²) in [7, 11) is 0. The molecule has 4 aromatic rings. The van der Waals surface area contributed by atoms with Crippen molar-refractivity contribution in [2.24, 2.45) is 5.92 Å². The fourth-order valence-corrected chi connectivity index (χ4v) is 5.04. The lowest BCUT2D eigenvalue weighted by atomic mass is 10.1. The predicted molar refractivity (Wildman–Crippen MR) is 143 cm³/mol. The van der Waals surface area contributed by atoms with E-state index in [1.807, 2.05) is 35.0 Å². The van der Waals surface area contributed by atoms with E-state index in [9.17, 15) is 0 Å². The van der Waals surface area contributed by atoms with Gasteiger partial charge in [0.25, 0.3) is 0 Å². The third-order valence-corrected chi connectivity index (χ3v) is 6.93. The topological polar surface area (TPSA) is 50.1 Å². The molecular weight excluding hydrogens is 456 g/mol. The molecule has 3 heterocycles. The van der Waals surface area contributed by atoms with Crippen molar-refractivity contribution in [1.82, 2.24) is 24.6 Å². The average Bonchev–Trinajstić information content (AvgIpc) is 3.01. The molecule has 182 valence electrons. The number of rotatable bonds is 6. The van der Waals surface area contributed by atoms with E-state index in [4.69, 9.17) is 26.7 Å². The molecule has 5 rings (SSSR count). The highest BCUT2D eigenvalue weighted by atomic mass is 35.5. The zero-order chi connectivity index (χ0) is 24.4. The average molecular weight is 489 g/mol. The van der Waals surface area contributed by atoms with Gasteiger partial charge < -0.3 is 4.90 Å². The maximum atomic E-state index is 6.44. The number of aryl methyl sites for hydroxylation is 1. The summed E-state index contributed by atoms with van der Waals surface area (Å²) in [6.07, 6.45) is 1.91. The first-order chi connectivity index (χ1) is 17.0. The Kier molecular flexibility index (Phi) is 7.02. The number of benzene rings is 2. The number of anilines is 1. The van der Waals surface area contributed by atoms with Gasteiger partial charge in [0.15, 0.2) is 5.65 Å². The molecule has 0 atom stereocenters. The molecule has 0 spiro atoms. The molecule has 1 saturated heterocycles. The third kappa shape index (κ3) is 5.19. The Hall–Kier alpha value is -2.96. The molecule has 0 amide bonds. The van der Waals surface area contributed by atoms with Crippen molar-refractivity contribution >= 4 is 28.5 Å². The van der Waals surface area contributed by atoms with Gasteiger partial charge in [-0.3, -0.25) is 4.90 Å². The van der Waals surface area contributed by atoms with Gasteiger partial charge >= 0.3 is 0 Å². The molecule has 0 bridgehead atoms. The summed E-state index contributed by atoms with van der Waals surface area (Å²) in [5.41, 5.74) is 4.07. The van der Waals surface area contributed by atoms with Crippen LogP contribution in [0.3, 0.4) is 0 Å². The van der Waals surface area contributed by atoms with Crippen molar-refractivity contribution in [1.29, 1.82) is 0 Å². The molecule has 35 heavy (non-hydrogen) atoms. The van der Waals surface area contributed by atoms with E-state index in [1.54, 1.807) is 0 Å². The minimum atomic E-state index is 0.477. The third-order valence-electron chi connectivity index (χ3n) is 6.56. The van der Waals surface area contributed by atoms with E-state index < -0.39 is 0 Å². The van der Waals surface area contributed by atoms with Crippen LogP contribution in [0.25, 0.3) is 16.7 Å². The maximum Gasteiger partial charge on any atom is 0.168 e. The van der Waals surface area contributed by atoms with Crippen LogP contribution in [0.15, 0.2) is 54.6 Å². The number of hydrogen-bond donors (Lipinski definition) is 0. The van der Waals surface area contributed by atoms with E-state index in [1.165, 1.54) is 5.56 Å². The van der Waals surface area contributed by atoms with E-state index in [2.05, 4.69) is 54.8 Å². The van der Waals surface area contributed by atoms with Crippen LogP contribution in [0.1, 0.15) is 37.4 Å². The number of halogens is 1. The first kappa shape index (κ1) is 23.8. The summed E-state index contributed by atoms with van der Waals surface area (Å²) in [5.74, 6) is 2.38. The number of aromatic nitrogens is 4. The molecule has 1 fully saturated rings. The van der Waals surface area contributed by atoms with E-state index in [0.717, 1.165) is 84.6 Å². The number of fused-ring (bicyclic) bond motifs is 1. The lowest BCUT2D eigenvalue weighted by Crippen LogP contribution is -2.31. The molecule has 0 saturated carbocycles. The van der Waals surface area contributed by atoms with Gasteiger partial charge in [-0.25, -0.2) is 14.6 Å². The second-order valence-electron chi connectivity index (χ2n) is 9.80. The first-order valence-electron chi connectivity index (χ1n) is 12.5. The summed E-state index contributed by atoms with van der Waals surface area (Å²) in [4.78, 5) is 15.1. The van der Waals surface area contributed by atoms with E-state index in [-0.39, 0.29) is 0 Å². The van der Waals surface area contributed by atoms with Gasteiger partial charge in [-0.05, 0) is 43.0 Å². The minimum Gasteiger partial charge on any atom is -0.355 e. The summed E-state index contributed by atoms with van der Waals surface area (Å²) < 4.78 is 1.97. The lowest BCUT2D eigenvalue weighted by molar-refractivity contribution is 0.285. The Labute approximate surface area is 212 Å². The Morgan fingerprint density at radius 3 is 2.46 bits per heavy atom. The first-order valence-corrected chi connectivity index (χ1v) is 12.9. The monoisotopic (exact) mass is 488 g/mol. The normalized spacial score (nSPS) is 15.2. The summed E-state index contributed by atoms with van der Waals surface area (Å²) in [6, 6.07) is 18.4. The van der Waals surface area contributed by atoms with E-state index >= 15 is 0 Å². The van der Waals surface area contributed by atoms with Crippen molar-refractivity contribution < 1.29 is 0 Å². The molecule has 0 unspecified atom stereocenters. The van der Waals surface area contributed by atoms with Crippen LogP contribution < -0.4 is 4.90 Å². The molecule has 2 aromatic heterocycles. The van der Waals surface area contributed by atoms with Crippen LogP contribution >= 0.6 is 11.6 Å². The lowest BCUT2D eigenvalue weighted by Gasteiger charge is -2.24. The van der Waals surface area contributed by atoms with Crippen molar-refractivity contribution in [3.05, 3.63) is 76.7 Å². The van der Waals surface area contributed by atoms with Gasteiger partial charge in [0, 0.05) is 44.2 Å². The Morgan fingerprint density at radius 1 is 0.914 bits per heavy atom. The molecule has 0 aliphatic carbocycles. The van der Waals surface area contributed by atoms with Crippen molar-refractivity contribution in [3.8, 4) is 5.69 Å². The standard InChI is InChI=1S/C28H33ClN6/c1-20(2)18-25-30-27(26-21(3)32-35(28(26)31-25)23-11-5-4-6-12-23)34-15-9-14-33(16-17-34)19-22-10-7-8-13-24(22)29/h4-8,10-13,20H,9,14-19H2,1-3H3. The highest BCUT2D eigenvalue weighted by Gasteiger charge is 2.24. The molecule has 6 nitrogen and oxygen atoms in total. The van der Waals surface area contributed by atoms with Gasteiger partial charge in [0.1, 0.15) is 11.6 Å². The smallest absolute Gasteiger partial charge is 0.168 e. The highest BCUT2D eigenvalue weighted by molar-refractivity contribution is 6.31. The zero-order valence-electron chi connectivity index (χ0n) is 20.8. The van der Waals surface area contributed by atoms with Crippen LogP contribution in [0, 0.1) is 12.8 Å². The van der Waals surface area contributed by atoms with Crippen molar-refractivity contribution in [3.63, 3.8) is 0 Å². The van der Waals surface area contributed by atoms with Gasteiger partial charge in [0.2, 0.25) is 0 Å². The Bertz CT molecular complexity index is 1300. The molecule has 0 radical (unpaired) electrons. The van der Waals surface area contributed by atoms with Crippen LogP contribution in [0.4, 0.5) is 5.82 Å². The van der Waals surface area contributed by atoms with Gasteiger partial charge in [-0.2, -0.15) is 5.10 Å². The Morgan fingerprint density at radius 2 is 1.69 bits per heavy atom. The molecule has 1 aliphatic heterocycles. The molecule has 7 heteroatoms. The molecular formula is C28H33ClN6. The van der Waals surface area contributed by atoms with Crippen LogP contribution in [0.5, 0.6) is 0 Å². The van der Waals surface area contributed by atoms with Crippen LogP contribution in [-0.2, 0) is 13.0 Å². The van der Waals surface area contributed by atoms with Gasteiger partial charge in [0.05, 0.1) is 16.8 Å². The highest BCUT2D eigenvalue weighted by Crippen LogP contribution is 2.30. The summed E-state index contributed by atoms with van der Waals surface area (Å²) >= 11 is 6.44. The number of nitrogens with zero attached hydrogens (tertiary/aromatic N) is 6. The fraction of sp³-hybridized carbons (Fsp3) is 0.393. The summed E-state index contributed by atoms with van der Waals surface area (Å²) in [5, 5.41) is 6.80. The van der Waals surface area contributed by atoms with Crippen LogP contribution in [-0.4, -0.2) is 50.8 Å².